The minimum atomic E-state index is -3.68. The Bertz CT molecular complexity index is 904. The molecule has 6 nitrogen and oxygen atoms in total. The Kier molecular flexibility index (Phi) is 7.67. The summed E-state index contributed by atoms with van der Waals surface area (Å²) in [4.78, 5) is 14.0. The predicted octanol–water partition coefficient (Wildman–Crippen LogP) is 3.44. The van der Waals surface area contributed by atoms with Crippen molar-refractivity contribution in [2.24, 2.45) is 0 Å². The van der Waals surface area contributed by atoms with Crippen LogP contribution < -0.4 is 9.46 Å². The number of hydrogen-bond donors (Lipinski definition) is 1. The fraction of sp³-hybridized carbons (Fsp3) is 0.278. The van der Waals surface area contributed by atoms with E-state index in [9.17, 15) is 13.2 Å². The molecule has 0 heterocycles. The number of hydrogen-bond acceptors (Lipinski definition) is 4. The van der Waals surface area contributed by atoms with E-state index in [4.69, 9.17) is 16.3 Å². The predicted molar refractivity (Wildman–Crippen MR) is 108 cm³/mol. The Balaban J connectivity index is 1.91. The molecule has 146 valence electrons. The van der Waals surface area contributed by atoms with Crippen LogP contribution in [0, 0.1) is 0 Å². The molecule has 0 aliphatic heterocycles. The third-order valence-electron chi connectivity index (χ3n) is 3.83. The number of nitrogens with zero attached hydrogens (tertiary/aromatic N) is 1. The highest BCUT2D eigenvalue weighted by atomic mass is 79.9. The van der Waals surface area contributed by atoms with Crippen molar-refractivity contribution < 1.29 is 17.9 Å². The van der Waals surface area contributed by atoms with Crippen LogP contribution in [-0.4, -0.2) is 39.9 Å². The minimum Gasteiger partial charge on any atom is -0.496 e. The Morgan fingerprint density at radius 3 is 2.52 bits per heavy atom. The summed E-state index contributed by atoms with van der Waals surface area (Å²) in [6, 6.07) is 11.4. The smallest absolute Gasteiger partial charge is 0.240 e. The van der Waals surface area contributed by atoms with Crippen molar-refractivity contribution >= 4 is 43.5 Å². The molecule has 2 aromatic carbocycles. The molecular formula is C18H20BrClN2O4S. The summed E-state index contributed by atoms with van der Waals surface area (Å²) < 4.78 is 33.0. The van der Waals surface area contributed by atoms with E-state index in [1.807, 2.05) is 18.2 Å². The topological polar surface area (TPSA) is 75.7 Å². The first-order valence-corrected chi connectivity index (χ1v) is 10.7. The molecule has 0 radical (unpaired) electrons. The van der Waals surface area contributed by atoms with Crippen molar-refractivity contribution in [2.45, 2.75) is 17.9 Å². The van der Waals surface area contributed by atoms with Crippen molar-refractivity contribution in [1.29, 1.82) is 0 Å². The molecule has 0 saturated heterocycles. The van der Waals surface area contributed by atoms with Gasteiger partial charge in [-0.05, 0) is 42.5 Å². The average Bonchev–Trinajstić information content (AvgIpc) is 2.62. The summed E-state index contributed by atoms with van der Waals surface area (Å²) in [7, 11) is -0.447. The fourth-order valence-corrected chi connectivity index (χ4v) is 3.96. The lowest BCUT2D eigenvalue weighted by Gasteiger charge is -2.19. The second-order valence-corrected chi connectivity index (χ2v) is 8.93. The zero-order valence-electron chi connectivity index (χ0n) is 14.9. The highest BCUT2D eigenvalue weighted by Gasteiger charge is 2.16. The molecule has 27 heavy (non-hydrogen) atoms. The Hall–Kier alpha value is -1.61. The SMILES string of the molecule is COc1ccc(Br)cc1CN(C)C(=O)CCNS(=O)(=O)c1ccc(Cl)cc1. The summed E-state index contributed by atoms with van der Waals surface area (Å²) >= 11 is 9.16. The van der Waals surface area contributed by atoms with Crippen molar-refractivity contribution in [3.63, 3.8) is 0 Å². The van der Waals surface area contributed by atoms with Gasteiger partial charge in [-0.3, -0.25) is 4.79 Å². The number of rotatable bonds is 8. The van der Waals surface area contributed by atoms with Gasteiger partial charge in [0, 0.05) is 41.6 Å². The van der Waals surface area contributed by atoms with Crippen molar-refractivity contribution in [2.75, 3.05) is 20.7 Å². The van der Waals surface area contributed by atoms with Crippen LogP contribution in [-0.2, 0) is 21.4 Å². The summed E-state index contributed by atoms with van der Waals surface area (Å²) in [5, 5.41) is 0.453. The van der Waals surface area contributed by atoms with Crippen LogP contribution in [0.4, 0.5) is 0 Å². The Labute approximate surface area is 172 Å². The highest BCUT2D eigenvalue weighted by molar-refractivity contribution is 9.10. The first-order valence-electron chi connectivity index (χ1n) is 8.04. The number of nitrogens with one attached hydrogen (secondary N) is 1. The van der Waals surface area contributed by atoms with E-state index in [0.29, 0.717) is 17.3 Å². The summed E-state index contributed by atoms with van der Waals surface area (Å²) in [6.07, 6.45) is 0.0413. The van der Waals surface area contributed by atoms with Gasteiger partial charge in [-0.1, -0.05) is 27.5 Å². The number of sulfonamides is 1. The molecule has 0 aliphatic carbocycles. The number of methoxy groups -OCH3 is 1. The lowest BCUT2D eigenvalue weighted by atomic mass is 10.2. The molecular weight excluding hydrogens is 456 g/mol. The fourth-order valence-electron chi connectivity index (χ4n) is 2.39. The molecule has 0 fully saturated rings. The van der Waals surface area contributed by atoms with Crippen LogP contribution in [0.25, 0.3) is 0 Å². The van der Waals surface area contributed by atoms with E-state index in [1.165, 1.54) is 29.2 Å². The molecule has 9 heteroatoms. The molecule has 0 atom stereocenters. The lowest BCUT2D eigenvalue weighted by molar-refractivity contribution is -0.130. The maximum Gasteiger partial charge on any atom is 0.240 e. The van der Waals surface area contributed by atoms with Crippen LogP contribution in [0.5, 0.6) is 5.75 Å². The van der Waals surface area contributed by atoms with Gasteiger partial charge in [0.2, 0.25) is 15.9 Å². The van der Waals surface area contributed by atoms with E-state index in [0.717, 1.165) is 10.0 Å². The first-order chi connectivity index (χ1) is 12.7. The number of amides is 1. The van der Waals surface area contributed by atoms with E-state index >= 15 is 0 Å². The molecule has 0 bridgehead atoms. The van der Waals surface area contributed by atoms with Gasteiger partial charge >= 0.3 is 0 Å². The number of benzene rings is 2. The average molecular weight is 476 g/mol. The van der Waals surface area contributed by atoms with Crippen LogP contribution >= 0.6 is 27.5 Å². The van der Waals surface area contributed by atoms with Gasteiger partial charge in [-0.2, -0.15) is 0 Å². The molecule has 0 unspecified atom stereocenters. The number of carbonyl (C=O) groups is 1. The minimum absolute atomic E-state index is 0.00372. The zero-order chi connectivity index (χ0) is 20.0. The zero-order valence-corrected chi connectivity index (χ0v) is 18.1. The third-order valence-corrected chi connectivity index (χ3v) is 6.05. The van der Waals surface area contributed by atoms with Crippen molar-refractivity contribution in [3.8, 4) is 5.75 Å². The second kappa shape index (κ2) is 9.54. The molecule has 1 amide bonds. The van der Waals surface area contributed by atoms with E-state index in [-0.39, 0.29) is 23.8 Å². The molecule has 2 aromatic rings. The molecule has 2 rings (SSSR count). The van der Waals surface area contributed by atoms with Gasteiger partial charge in [-0.15, -0.1) is 0 Å². The Morgan fingerprint density at radius 1 is 1.22 bits per heavy atom. The van der Waals surface area contributed by atoms with Gasteiger partial charge in [0.25, 0.3) is 0 Å². The van der Waals surface area contributed by atoms with Gasteiger partial charge < -0.3 is 9.64 Å². The van der Waals surface area contributed by atoms with Gasteiger partial charge in [-0.25, -0.2) is 13.1 Å². The van der Waals surface area contributed by atoms with E-state index in [2.05, 4.69) is 20.7 Å². The summed E-state index contributed by atoms with van der Waals surface area (Å²) in [5.74, 6) is 0.497. The molecule has 0 aliphatic rings. The molecule has 0 aromatic heterocycles. The Morgan fingerprint density at radius 2 is 1.89 bits per heavy atom. The number of carbonyl (C=O) groups excluding carboxylic acids is 1. The van der Waals surface area contributed by atoms with Crippen LogP contribution in [0.2, 0.25) is 5.02 Å². The van der Waals surface area contributed by atoms with Gasteiger partial charge in [0.05, 0.1) is 12.0 Å². The van der Waals surface area contributed by atoms with Gasteiger partial charge in [0.1, 0.15) is 5.75 Å². The normalized spacial score (nSPS) is 11.3. The standard InChI is InChI=1S/C18H20BrClN2O4S/c1-22(12-13-11-14(19)3-8-17(13)26-2)18(23)9-10-21-27(24,25)16-6-4-15(20)5-7-16/h3-8,11,21H,9-10,12H2,1-2H3. The maximum atomic E-state index is 12.3. The highest BCUT2D eigenvalue weighted by Crippen LogP contribution is 2.24. The summed E-state index contributed by atoms with van der Waals surface area (Å²) in [6.45, 7) is 0.356. The number of halogens is 2. The largest absolute Gasteiger partial charge is 0.496 e. The van der Waals surface area contributed by atoms with Crippen LogP contribution in [0.1, 0.15) is 12.0 Å². The van der Waals surface area contributed by atoms with Crippen molar-refractivity contribution in [1.82, 2.24) is 9.62 Å². The van der Waals surface area contributed by atoms with Crippen molar-refractivity contribution in [3.05, 3.63) is 57.5 Å². The molecule has 1 N–H and O–H groups in total. The molecule has 0 spiro atoms. The van der Waals surface area contributed by atoms with Crippen LogP contribution in [0.3, 0.4) is 0 Å². The summed E-state index contributed by atoms with van der Waals surface area (Å²) in [5.41, 5.74) is 0.851. The lowest BCUT2D eigenvalue weighted by Crippen LogP contribution is -2.32. The van der Waals surface area contributed by atoms with Crippen LogP contribution in [0.15, 0.2) is 51.8 Å². The van der Waals surface area contributed by atoms with E-state index in [1.54, 1.807) is 14.2 Å². The van der Waals surface area contributed by atoms with E-state index < -0.39 is 10.0 Å². The van der Waals surface area contributed by atoms with Gasteiger partial charge in [0.15, 0.2) is 0 Å². The second-order valence-electron chi connectivity index (χ2n) is 5.81. The quantitative estimate of drug-likeness (QED) is 0.635. The molecule has 0 saturated carbocycles. The monoisotopic (exact) mass is 474 g/mol. The maximum absolute atomic E-state index is 12.3. The third kappa shape index (κ3) is 6.21. The number of ether oxygens (including phenoxy) is 1. The first kappa shape index (κ1) is 21.7.